The van der Waals surface area contributed by atoms with E-state index < -0.39 is 0 Å². The molecular weight excluding hydrogens is 176 g/mol. The fraction of sp³-hybridized carbons (Fsp3) is 0.636. The Morgan fingerprint density at radius 1 is 1.50 bits per heavy atom. The topological polar surface area (TPSA) is 48.0 Å². The van der Waals surface area contributed by atoms with E-state index in [2.05, 4.69) is 16.4 Å². The Bertz CT molecular complexity index is 265. The number of nitrogens with one attached hydrogen (secondary N) is 2. The molecule has 0 spiro atoms. The summed E-state index contributed by atoms with van der Waals surface area (Å²) >= 11 is 0. The molecule has 1 fully saturated rings. The van der Waals surface area contributed by atoms with Crippen LogP contribution in [0.3, 0.4) is 0 Å². The third-order valence-corrected chi connectivity index (χ3v) is 3.23. The van der Waals surface area contributed by atoms with Gasteiger partial charge in [-0.05, 0) is 37.3 Å². The number of rotatable bonds is 5. The first-order valence-corrected chi connectivity index (χ1v) is 5.32. The van der Waals surface area contributed by atoms with Crippen LogP contribution in [0.25, 0.3) is 0 Å². The van der Waals surface area contributed by atoms with Gasteiger partial charge in [-0.25, -0.2) is 0 Å². The Kier molecular flexibility index (Phi) is 2.89. The Morgan fingerprint density at radius 2 is 2.36 bits per heavy atom. The number of hydrogen-bond acceptors (Lipinski definition) is 2. The van der Waals surface area contributed by atoms with Gasteiger partial charge in [0.15, 0.2) is 0 Å². The second-order valence-corrected chi connectivity index (χ2v) is 4.18. The molecule has 1 aromatic heterocycles. The van der Waals surface area contributed by atoms with E-state index in [1.165, 1.54) is 24.8 Å². The van der Waals surface area contributed by atoms with Gasteiger partial charge in [-0.3, -0.25) is 0 Å². The molecule has 0 unspecified atom stereocenters. The van der Waals surface area contributed by atoms with Gasteiger partial charge in [-0.15, -0.1) is 0 Å². The summed E-state index contributed by atoms with van der Waals surface area (Å²) in [6.07, 6.45) is 8.54. The van der Waals surface area contributed by atoms with Crippen molar-refractivity contribution in [2.75, 3.05) is 6.61 Å². The van der Waals surface area contributed by atoms with Crippen molar-refractivity contribution in [3.8, 4) is 0 Å². The lowest BCUT2D eigenvalue weighted by atomic mass is 9.74. The van der Waals surface area contributed by atoms with E-state index in [0.29, 0.717) is 6.61 Å². The molecule has 78 valence electrons. The SMILES string of the molecule is OCCC1(NCc2cc[nH]c2)CCC1. The maximum atomic E-state index is 8.98. The predicted molar refractivity (Wildman–Crippen MR) is 55.9 cm³/mol. The van der Waals surface area contributed by atoms with E-state index in [4.69, 9.17) is 5.11 Å². The van der Waals surface area contributed by atoms with Gasteiger partial charge in [0.25, 0.3) is 0 Å². The second kappa shape index (κ2) is 4.15. The molecule has 0 aliphatic heterocycles. The molecule has 3 nitrogen and oxygen atoms in total. The van der Waals surface area contributed by atoms with Crippen molar-refractivity contribution >= 4 is 0 Å². The van der Waals surface area contributed by atoms with Gasteiger partial charge >= 0.3 is 0 Å². The van der Waals surface area contributed by atoms with Crippen LogP contribution in [0.15, 0.2) is 18.5 Å². The highest BCUT2D eigenvalue weighted by Gasteiger charge is 2.35. The maximum Gasteiger partial charge on any atom is 0.0448 e. The molecule has 1 aromatic rings. The summed E-state index contributed by atoms with van der Waals surface area (Å²) in [4.78, 5) is 3.04. The average Bonchev–Trinajstić information content (AvgIpc) is 2.62. The van der Waals surface area contributed by atoms with Gasteiger partial charge in [0.2, 0.25) is 0 Å². The monoisotopic (exact) mass is 194 g/mol. The largest absolute Gasteiger partial charge is 0.396 e. The molecule has 1 heterocycles. The second-order valence-electron chi connectivity index (χ2n) is 4.18. The van der Waals surface area contributed by atoms with Crippen molar-refractivity contribution in [2.24, 2.45) is 0 Å². The first-order valence-electron chi connectivity index (χ1n) is 5.32. The lowest BCUT2D eigenvalue weighted by Gasteiger charge is -2.42. The molecule has 3 N–H and O–H groups in total. The molecule has 0 radical (unpaired) electrons. The Balaban J connectivity index is 1.83. The van der Waals surface area contributed by atoms with E-state index >= 15 is 0 Å². The molecule has 1 aliphatic carbocycles. The summed E-state index contributed by atoms with van der Waals surface area (Å²) in [7, 11) is 0. The highest BCUT2D eigenvalue weighted by atomic mass is 16.3. The van der Waals surface area contributed by atoms with Crippen molar-refractivity contribution in [2.45, 2.75) is 37.8 Å². The van der Waals surface area contributed by atoms with Crippen molar-refractivity contribution in [3.63, 3.8) is 0 Å². The third kappa shape index (κ3) is 1.99. The van der Waals surface area contributed by atoms with Crippen molar-refractivity contribution in [1.29, 1.82) is 0 Å². The summed E-state index contributed by atoms with van der Waals surface area (Å²) in [5.74, 6) is 0. The molecule has 0 bridgehead atoms. The lowest BCUT2D eigenvalue weighted by molar-refractivity contribution is 0.130. The smallest absolute Gasteiger partial charge is 0.0448 e. The Hall–Kier alpha value is -0.800. The zero-order valence-corrected chi connectivity index (χ0v) is 8.42. The summed E-state index contributed by atoms with van der Waals surface area (Å²) in [5, 5.41) is 12.5. The fourth-order valence-corrected chi connectivity index (χ4v) is 2.09. The van der Waals surface area contributed by atoms with Gasteiger partial charge in [0.1, 0.15) is 0 Å². The van der Waals surface area contributed by atoms with Gasteiger partial charge in [0.05, 0.1) is 0 Å². The summed E-state index contributed by atoms with van der Waals surface area (Å²) in [6.45, 7) is 1.20. The number of aliphatic hydroxyl groups is 1. The first-order chi connectivity index (χ1) is 6.85. The van der Waals surface area contributed by atoms with Crippen LogP contribution in [-0.4, -0.2) is 22.2 Å². The molecule has 3 heteroatoms. The van der Waals surface area contributed by atoms with Gasteiger partial charge in [-0.2, -0.15) is 0 Å². The van der Waals surface area contributed by atoms with Crippen LogP contribution in [0, 0.1) is 0 Å². The minimum Gasteiger partial charge on any atom is -0.396 e. The van der Waals surface area contributed by atoms with Gasteiger partial charge in [0, 0.05) is 31.1 Å². The summed E-state index contributed by atoms with van der Waals surface area (Å²) < 4.78 is 0. The Morgan fingerprint density at radius 3 is 2.86 bits per heavy atom. The number of aromatic amines is 1. The first kappa shape index (κ1) is 9.74. The van der Waals surface area contributed by atoms with Crippen LogP contribution in [0.4, 0.5) is 0 Å². The van der Waals surface area contributed by atoms with Gasteiger partial charge < -0.3 is 15.4 Å². The molecule has 0 aromatic carbocycles. The fourth-order valence-electron chi connectivity index (χ4n) is 2.09. The molecule has 0 saturated heterocycles. The van der Waals surface area contributed by atoms with E-state index in [9.17, 15) is 0 Å². The number of H-pyrrole nitrogens is 1. The Labute approximate surface area is 84.5 Å². The summed E-state index contributed by atoms with van der Waals surface area (Å²) in [5.41, 5.74) is 1.51. The van der Waals surface area contributed by atoms with Crippen molar-refractivity contribution < 1.29 is 5.11 Å². The highest BCUT2D eigenvalue weighted by Crippen LogP contribution is 2.34. The van der Waals surface area contributed by atoms with E-state index in [1.807, 2.05) is 12.4 Å². The molecule has 2 rings (SSSR count). The van der Waals surface area contributed by atoms with Crippen LogP contribution in [0.2, 0.25) is 0 Å². The molecule has 0 amide bonds. The predicted octanol–water partition coefficient (Wildman–Crippen LogP) is 1.41. The number of aliphatic hydroxyl groups excluding tert-OH is 1. The minimum absolute atomic E-state index is 0.228. The van der Waals surface area contributed by atoms with Crippen molar-refractivity contribution in [1.82, 2.24) is 10.3 Å². The maximum absolute atomic E-state index is 8.98. The van der Waals surface area contributed by atoms with Crippen LogP contribution in [0.5, 0.6) is 0 Å². The molecule has 1 aliphatic rings. The lowest BCUT2D eigenvalue weighted by Crippen LogP contribution is -2.51. The van der Waals surface area contributed by atoms with E-state index in [1.54, 1.807) is 0 Å². The standard InChI is InChI=1S/C11H18N2O/c14-7-5-11(3-1-4-11)13-9-10-2-6-12-8-10/h2,6,8,12-14H,1,3-5,7,9H2. The third-order valence-electron chi connectivity index (χ3n) is 3.23. The normalized spacial score (nSPS) is 19.2. The van der Waals surface area contributed by atoms with Gasteiger partial charge in [-0.1, -0.05) is 0 Å². The van der Waals surface area contributed by atoms with Crippen LogP contribution < -0.4 is 5.32 Å². The molecule has 1 saturated carbocycles. The minimum atomic E-state index is 0.228. The number of aromatic nitrogens is 1. The average molecular weight is 194 g/mol. The number of hydrogen-bond donors (Lipinski definition) is 3. The van der Waals surface area contributed by atoms with Crippen LogP contribution in [-0.2, 0) is 6.54 Å². The quantitative estimate of drug-likeness (QED) is 0.663. The highest BCUT2D eigenvalue weighted by molar-refractivity contribution is 5.09. The van der Waals surface area contributed by atoms with E-state index in [0.717, 1.165) is 13.0 Å². The van der Waals surface area contributed by atoms with Crippen LogP contribution in [0.1, 0.15) is 31.2 Å². The van der Waals surface area contributed by atoms with Crippen molar-refractivity contribution in [3.05, 3.63) is 24.0 Å². The summed E-state index contributed by atoms with van der Waals surface area (Å²) in [6, 6.07) is 2.08. The zero-order chi connectivity index (χ0) is 9.86. The zero-order valence-electron chi connectivity index (χ0n) is 8.42. The van der Waals surface area contributed by atoms with Crippen LogP contribution >= 0.6 is 0 Å². The molecule has 14 heavy (non-hydrogen) atoms. The van der Waals surface area contributed by atoms with E-state index in [-0.39, 0.29) is 5.54 Å². The molecule has 0 atom stereocenters. The molecular formula is C11H18N2O.